The second kappa shape index (κ2) is 7.61. The Morgan fingerprint density at radius 2 is 1.71 bits per heavy atom. The van der Waals surface area contributed by atoms with Gasteiger partial charge in [-0.1, -0.05) is 20.3 Å². The molecule has 0 saturated carbocycles. The van der Waals surface area contributed by atoms with Crippen LogP contribution in [0.3, 0.4) is 0 Å². The van der Waals surface area contributed by atoms with Crippen molar-refractivity contribution >= 4 is 0 Å². The summed E-state index contributed by atoms with van der Waals surface area (Å²) in [5, 5.41) is 0. The van der Waals surface area contributed by atoms with E-state index in [4.69, 9.17) is 0 Å². The van der Waals surface area contributed by atoms with E-state index in [9.17, 15) is 0 Å². The molecule has 0 aromatic heterocycles. The summed E-state index contributed by atoms with van der Waals surface area (Å²) in [6.07, 6.45) is 1.16. The molecule has 0 spiro atoms. The maximum atomic E-state index is 2.16. The van der Waals surface area contributed by atoms with Crippen molar-refractivity contribution in [2.24, 2.45) is 0 Å². The van der Waals surface area contributed by atoms with Crippen LogP contribution in [-0.4, -0.2) is 0 Å². The van der Waals surface area contributed by atoms with Gasteiger partial charge in [-0.3, -0.25) is 0 Å². The summed E-state index contributed by atoms with van der Waals surface area (Å²) in [5.74, 6) is 0. The van der Waals surface area contributed by atoms with E-state index in [2.05, 4.69) is 50.2 Å². The maximum absolute atomic E-state index is 2.16. The Kier molecular flexibility index (Phi) is 7.18. The van der Waals surface area contributed by atoms with Crippen LogP contribution in [-0.2, 0) is 23.5 Å². The van der Waals surface area contributed by atoms with E-state index in [-0.39, 0.29) is 17.1 Å². The van der Waals surface area contributed by atoms with Crippen molar-refractivity contribution in [1.82, 2.24) is 0 Å². The minimum atomic E-state index is 0. The molecular weight excluding hydrogens is 212 g/mol. The van der Waals surface area contributed by atoms with Crippen molar-refractivity contribution in [1.29, 1.82) is 0 Å². The molecule has 0 radical (unpaired) electrons. The molecule has 2 rings (SSSR count). The Morgan fingerprint density at radius 3 is 1.93 bits per heavy atom. The number of aryl methyl sites for hydroxylation is 2. The van der Waals surface area contributed by atoms with Crippen molar-refractivity contribution in [2.75, 3.05) is 0 Å². The van der Waals surface area contributed by atoms with Gasteiger partial charge >= 0.3 is 17.1 Å². The quantitative estimate of drug-likeness (QED) is 0.516. The fourth-order valence-electron chi connectivity index (χ4n) is 1.12. The van der Waals surface area contributed by atoms with Crippen LogP contribution in [0.2, 0.25) is 0 Å². The Hall–Kier alpha value is -0.781. The second-order valence-corrected chi connectivity index (χ2v) is 3.11. The molecule has 0 saturated heterocycles. The second-order valence-electron chi connectivity index (χ2n) is 3.11. The Morgan fingerprint density at radius 1 is 1.07 bits per heavy atom. The first-order valence-corrected chi connectivity index (χ1v) is 4.72. The van der Waals surface area contributed by atoms with Gasteiger partial charge in [0.2, 0.25) is 0 Å². The SMILES string of the molecule is CCc1cc[cH-]c1.Cc1cc[cH-]c1.[Fe+2]. The van der Waals surface area contributed by atoms with Gasteiger partial charge in [0.05, 0.1) is 0 Å². The zero-order valence-corrected chi connectivity index (χ0v) is 9.78. The smallest absolute Gasteiger partial charge is 0.211 e. The normalized spacial score (nSPS) is 8.43. The van der Waals surface area contributed by atoms with Crippen molar-refractivity contribution in [3.8, 4) is 0 Å². The first-order valence-electron chi connectivity index (χ1n) is 4.72. The van der Waals surface area contributed by atoms with Gasteiger partial charge in [0.15, 0.2) is 0 Å². The van der Waals surface area contributed by atoms with Crippen molar-refractivity contribution < 1.29 is 17.1 Å². The fourth-order valence-corrected chi connectivity index (χ4v) is 1.12. The summed E-state index contributed by atoms with van der Waals surface area (Å²) in [6.45, 7) is 4.25. The summed E-state index contributed by atoms with van der Waals surface area (Å²) >= 11 is 0. The number of hydrogen-bond donors (Lipinski definition) is 0. The van der Waals surface area contributed by atoms with Gasteiger partial charge in [0.25, 0.3) is 0 Å². The first-order chi connectivity index (χ1) is 6.33. The van der Waals surface area contributed by atoms with E-state index >= 15 is 0 Å². The molecule has 14 heavy (non-hydrogen) atoms. The molecule has 0 unspecified atom stereocenters. The van der Waals surface area contributed by atoms with Gasteiger partial charge in [-0.05, 0) is 0 Å². The molecule has 0 aliphatic rings. The van der Waals surface area contributed by atoms with Gasteiger partial charge in [0, 0.05) is 0 Å². The molecule has 1 heteroatoms. The van der Waals surface area contributed by atoms with Gasteiger partial charge in [0.1, 0.15) is 0 Å². The van der Waals surface area contributed by atoms with E-state index in [0.29, 0.717) is 0 Å². The number of rotatable bonds is 1. The third-order valence-electron chi connectivity index (χ3n) is 1.97. The molecule has 0 aliphatic heterocycles. The van der Waals surface area contributed by atoms with E-state index in [0.717, 1.165) is 6.42 Å². The van der Waals surface area contributed by atoms with Crippen LogP contribution >= 0.6 is 0 Å². The standard InChI is InChI=1S/C7H9.C6H7.Fe/c1-2-7-5-3-4-6-7;1-6-4-2-3-5-6;/h3-6H,2H2,1H3;2-5H,1H3;/q2*-1;+2. The predicted molar refractivity (Wildman–Crippen MR) is 58.2 cm³/mol. The third kappa shape index (κ3) is 5.06. The summed E-state index contributed by atoms with van der Waals surface area (Å²) in [5.41, 5.74) is 2.77. The molecule has 76 valence electrons. The van der Waals surface area contributed by atoms with Gasteiger partial charge in [-0.2, -0.15) is 42.0 Å². The topological polar surface area (TPSA) is 0 Å². The fraction of sp³-hybridized carbons (Fsp3) is 0.231. The van der Waals surface area contributed by atoms with Crippen LogP contribution in [0, 0.1) is 6.92 Å². The zero-order chi connectivity index (χ0) is 9.52. The summed E-state index contributed by atoms with van der Waals surface area (Å²) in [6, 6.07) is 16.7. The van der Waals surface area contributed by atoms with Crippen LogP contribution in [0.15, 0.2) is 48.5 Å². The van der Waals surface area contributed by atoms with Crippen LogP contribution in [0.1, 0.15) is 18.1 Å². The minimum Gasteiger partial charge on any atom is -0.211 e. The van der Waals surface area contributed by atoms with Crippen LogP contribution in [0.5, 0.6) is 0 Å². The summed E-state index contributed by atoms with van der Waals surface area (Å²) in [7, 11) is 0. The van der Waals surface area contributed by atoms with Crippen molar-refractivity contribution in [3.05, 3.63) is 59.7 Å². The van der Waals surface area contributed by atoms with E-state index in [1.807, 2.05) is 12.1 Å². The van der Waals surface area contributed by atoms with Crippen molar-refractivity contribution in [3.63, 3.8) is 0 Å². The number of hydrogen-bond acceptors (Lipinski definition) is 0. The average molecular weight is 228 g/mol. The van der Waals surface area contributed by atoms with E-state index in [1.165, 1.54) is 11.1 Å². The van der Waals surface area contributed by atoms with Gasteiger partial charge in [-0.15, -0.1) is 0 Å². The van der Waals surface area contributed by atoms with E-state index in [1.54, 1.807) is 0 Å². The molecule has 2 aromatic carbocycles. The molecule has 0 nitrogen and oxygen atoms in total. The molecular formula is C13H16Fe. The molecule has 2 aromatic rings. The maximum Gasteiger partial charge on any atom is 2.00 e. The van der Waals surface area contributed by atoms with Crippen LogP contribution in [0.25, 0.3) is 0 Å². The largest absolute Gasteiger partial charge is 2.00 e. The Bertz CT molecular complexity index is 290. The Balaban J connectivity index is 0.000000227. The third-order valence-corrected chi connectivity index (χ3v) is 1.97. The van der Waals surface area contributed by atoms with Gasteiger partial charge < -0.3 is 0 Å². The van der Waals surface area contributed by atoms with Crippen LogP contribution in [0.4, 0.5) is 0 Å². The molecule has 0 heterocycles. The van der Waals surface area contributed by atoms with Crippen molar-refractivity contribution in [2.45, 2.75) is 20.3 Å². The summed E-state index contributed by atoms with van der Waals surface area (Å²) < 4.78 is 0. The average Bonchev–Trinajstić information content (AvgIpc) is 2.76. The molecule has 0 fully saturated rings. The summed E-state index contributed by atoms with van der Waals surface area (Å²) in [4.78, 5) is 0. The predicted octanol–water partition coefficient (Wildman–Crippen LogP) is 3.68. The first kappa shape index (κ1) is 13.2. The molecule has 0 aliphatic carbocycles. The van der Waals surface area contributed by atoms with Crippen LogP contribution < -0.4 is 0 Å². The monoisotopic (exact) mass is 228 g/mol. The molecule has 0 N–H and O–H groups in total. The molecule has 0 amide bonds. The molecule has 0 bridgehead atoms. The van der Waals surface area contributed by atoms with Gasteiger partial charge in [-0.25, -0.2) is 17.7 Å². The molecule has 0 atom stereocenters. The Labute approximate surface area is 97.2 Å². The zero-order valence-electron chi connectivity index (χ0n) is 8.68. The van der Waals surface area contributed by atoms with E-state index < -0.39 is 0 Å². The minimum absolute atomic E-state index is 0.